The predicted octanol–water partition coefficient (Wildman–Crippen LogP) is 5.90. The Labute approximate surface area is 181 Å². The minimum atomic E-state index is 0.294. The summed E-state index contributed by atoms with van der Waals surface area (Å²) >= 11 is 0. The highest BCUT2D eigenvalue weighted by Crippen LogP contribution is 2.54. The van der Waals surface area contributed by atoms with E-state index in [-0.39, 0.29) is 0 Å². The van der Waals surface area contributed by atoms with Crippen molar-refractivity contribution in [1.29, 1.82) is 0 Å². The molecule has 0 spiro atoms. The molecule has 5 rings (SSSR count). The minimum absolute atomic E-state index is 0.294. The summed E-state index contributed by atoms with van der Waals surface area (Å²) in [6, 6.07) is 24.4. The molecule has 0 aliphatic heterocycles. The lowest BCUT2D eigenvalue weighted by atomic mass is 10.1. The topological polar surface area (TPSA) is 57.4 Å². The van der Waals surface area contributed by atoms with Gasteiger partial charge in [0.2, 0.25) is 11.7 Å². The number of rotatable bonds is 7. The second-order valence-corrected chi connectivity index (χ2v) is 7.90. The van der Waals surface area contributed by atoms with Crippen LogP contribution in [-0.2, 0) is 6.61 Å². The Morgan fingerprint density at radius 2 is 1.74 bits per heavy atom. The Kier molecular flexibility index (Phi) is 5.16. The molecule has 0 amide bonds. The lowest BCUT2D eigenvalue weighted by Crippen LogP contribution is -1.99. The van der Waals surface area contributed by atoms with Gasteiger partial charge in [-0.15, -0.1) is 0 Å². The molecular weight excluding hydrogens is 388 g/mol. The van der Waals surface area contributed by atoms with Gasteiger partial charge in [-0.2, -0.15) is 4.98 Å². The maximum absolute atomic E-state index is 6.01. The summed E-state index contributed by atoms with van der Waals surface area (Å²) in [5.41, 5.74) is 4.51. The Bertz CT molecular complexity index is 1190. The lowest BCUT2D eigenvalue weighted by Gasteiger charge is -2.12. The first-order valence-electron chi connectivity index (χ1n) is 10.5. The monoisotopic (exact) mass is 412 g/mol. The van der Waals surface area contributed by atoms with Gasteiger partial charge >= 0.3 is 0 Å². The molecule has 5 heteroatoms. The number of aryl methyl sites for hydroxylation is 1. The highest BCUT2D eigenvalue weighted by atomic mass is 16.5. The Balaban J connectivity index is 1.31. The van der Waals surface area contributed by atoms with Crippen LogP contribution in [0, 0.1) is 6.92 Å². The van der Waals surface area contributed by atoms with Gasteiger partial charge in [0.15, 0.2) is 11.5 Å². The predicted molar refractivity (Wildman–Crippen MR) is 118 cm³/mol. The molecule has 1 saturated carbocycles. The van der Waals surface area contributed by atoms with Crippen LogP contribution in [0.1, 0.15) is 40.8 Å². The number of aromatic nitrogens is 2. The molecule has 2 atom stereocenters. The summed E-state index contributed by atoms with van der Waals surface area (Å²) in [7, 11) is 1.63. The third kappa shape index (κ3) is 4.04. The first-order valence-corrected chi connectivity index (χ1v) is 10.5. The van der Waals surface area contributed by atoms with E-state index in [9.17, 15) is 0 Å². The van der Waals surface area contributed by atoms with E-state index in [2.05, 4.69) is 53.5 Å². The Morgan fingerprint density at radius 1 is 0.935 bits per heavy atom. The van der Waals surface area contributed by atoms with Crippen LogP contribution in [0.2, 0.25) is 0 Å². The van der Waals surface area contributed by atoms with Crippen molar-refractivity contribution < 1.29 is 14.0 Å². The quantitative estimate of drug-likeness (QED) is 0.378. The van der Waals surface area contributed by atoms with E-state index < -0.39 is 0 Å². The van der Waals surface area contributed by atoms with E-state index >= 15 is 0 Å². The lowest BCUT2D eigenvalue weighted by molar-refractivity contribution is 0.284. The SMILES string of the molecule is COc1cc(-c2noc([C@@H]3C[C@H]3c3ccccc3)n2)ccc1OCc1ccccc1C. The molecule has 0 N–H and O–H groups in total. The van der Waals surface area contributed by atoms with Crippen molar-refractivity contribution in [3.05, 3.63) is 95.4 Å². The second kappa shape index (κ2) is 8.26. The first kappa shape index (κ1) is 19.4. The highest BCUT2D eigenvalue weighted by Gasteiger charge is 2.43. The molecule has 1 heterocycles. The zero-order valence-corrected chi connectivity index (χ0v) is 17.6. The van der Waals surface area contributed by atoms with E-state index in [1.165, 1.54) is 11.1 Å². The van der Waals surface area contributed by atoms with E-state index in [1.807, 2.05) is 36.4 Å². The van der Waals surface area contributed by atoms with Gasteiger partial charge in [0.05, 0.1) is 7.11 Å². The molecule has 0 bridgehead atoms. The summed E-state index contributed by atoms with van der Waals surface area (Å²) in [5, 5.41) is 4.20. The van der Waals surface area contributed by atoms with Crippen LogP contribution >= 0.6 is 0 Å². The van der Waals surface area contributed by atoms with Crippen LogP contribution in [0.4, 0.5) is 0 Å². The molecule has 1 aliphatic carbocycles. The smallest absolute Gasteiger partial charge is 0.230 e. The van der Waals surface area contributed by atoms with Gasteiger partial charge in [-0.1, -0.05) is 59.8 Å². The molecule has 5 nitrogen and oxygen atoms in total. The molecule has 1 fully saturated rings. The summed E-state index contributed by atoms with van der Waals surface area (Å²) < 4.78 is 17.2. The van der Waals surface area contributed by atoms with E-state index in [1.54, 1.807) is 7.11 Å². The van der Waals surface area contributed by atoms with Gasteiger partial charge in [0.1, 0.15) is 6.61 Å². The molecule has 0 unspecified atom stereocenters. The summed E-state index contributed by atoms with van der Waals surface area (Å²) in [6.45, 7) is 2.56. The zero-order chi connectivity index (χ0) is 21.2. The number of ether oxygens (including phenoxy) is 2. The third-order valence-electron chi connectivity index (χ3n) is 5.84. The first-order chi connectivity index (χ1) is 15.2. The highest BCUT2D eigenvalue weighted by molar-refractivity contribution is 5.61. The van der Waals surface area contributed by atoms with Crippen molar-refractivity contribution in [1.82, 2.24) is 10.1 Å². The number of hydrogen-bond donors (Lipinski definition) is 0. The van der Waals surface area contributed by atoms with Crippen LogP contribution in [-0.4, -0.2) is 17.3 Å². The summed E-state index contributed by atoms with van der Waals surface area (Å²) in [5.74, 6) is 3.35. The van der Waals surface area contributed by atoms with Crippen LogP contribution < -0.4 is 9.47 Å². The summed E-state index contributed by atoms with van der Waals surface area (Å²) in [4.78, 5) is 4.65. The number of nitrogens with zero attached hydrogens (tertiary/aromatic N) is 2. The molecule has 3 aromatic carbocycles. The third-order valence-corrected chi connectivity index (χ3v) is 5.84. The van der Waals surface area contributed by atoms with E-state index in [0.717, 1.165) is 17.5 Å². The molecular formula is C26H24N2O3. The average molecular weight is 412 g/mol. The molecule has 31 heavy (non-hydrogen) atoms. The van der Waals surface area contributed by atoms with Crippen molar-refractivity contribution in [3.8, 4) is 22.9 Å². The van der Waals surface area contributed by atoms with Crippen LogP contribution in [0.3, 0.4) is 0 Å². The van der Waals surface area contributed by atoms with Crippen molar-refractivity contribution >= 4 is 0 Å². The maximum Gasteiger partial charge on any atom is 0.230 e. The van der Waals surface area contributed by atoms with Crippen molar-refractivity contribution in [2.75, 3.05) is 7.11 Å². The van der Waals surface area contributed by atoms with Crippen molar-refractivity contribution in [3.63, 3.8) is 0 Å². The fraction of sp³-hybridized carbons (Fsp3) is 0.231. The standard InChI is InChI=1S/C26H24N2O3/c1-17-8-6-7-11-20(17)16-30-23-13-12-19(14-24(23)29-2)25-27-26(31-28-25)22-15-21(22)18-9-4-3-5-10-18/h3-14,21-22H,15-16H2,1-2H3/t21-,22+/m0/s1. The van der Waals surface area contributed by atoms with Crippen LogP contribution in [0.5, 0.6) is 11.5 Å². The fourth-order valence-electron chi connectivity index (χ4n) is 3.89. The second-order valence-electron chi connectivity index (χ2n) is 7.90. The van der Waals surface area contributed by atoms with Gasteiger partial charge in [-0.05, 0) is 54.2 Å². The van der Waals surface area contributed by atoms with Crippen molar-refractivity contribution in [2.45, 2.75) is 31.8 Å². The van der Waals surface area contributed by atoms with Gasteiger partial charge in [-0.25, -0.2) is 0 Å². The number of methoxy groups -OCH3 is 1. The van der Waals surface area contributed by atoms with Gasteiger partial charge < -0.3 is 14.0 Å². The van der Waals surface area contributed by atoms with Crippen molar-refractivity contribution in [2.24, 2.45) is 0 Å². The Hall–Kier alpha value is -3.60. The number of hydrogen-bond acceptors (Lipinski definition) is 5. The average Bonchev–Trinajstić information content (AvgIpc) is 3.47. The van der Waals surface area contributed by atoms with Gasteiger partial charge in [-0.3, -0.25) is 0 Å². The Morgan fingerprint density at radius 3 is 2.55 bits per heavy atom. The fourth-order valence-corrected chi connectivity index (χ4v) is 3.89. The molecule has 1 aromatic heterocycles. The molecule has 156 valence electrons. The van der Waals surface area contributed by atoms with E-state index in [4.69, 9.17) is 14.0 Å². The summed E-state index contributed by atoms with van der Waals surface area (Å²) in [6.07, 6.45) is 1.04. The van der Waals surface area contributed by atoms with E-state index in [0.29, 0.717) is 41.7 Å². The normalized spacial score (nSPS) is 17.4. The largest absolute Gasteiger partial charge is 0.493 e. The number of benzene rings is 3. The van der Waals surface area contributed by atoms with Gasteiger partial charge in [0.25, 0.3) is 0 Å². The zero-order valence-electron chi connectivity index (χ0n) is 17.6. The van der Waals surface area contributed by atoms with Gasteiger partial charge in [0, 0.05) is 11.5 Å². The molecule has 4 aromatic rings. The van der Waals surface area contributed by atoms with Crippen LogP contribution in [0.15, 0.2) is 77.3 Å². The molecule has 1 aliphatic rings. The maximum atomic E-state index is 6.01. The van der Waals surface area contributed by atoms with Crippen LogP contribution in [0.25, 0.3) is 11.4 Å². The molecule has 0 saturated heterocycles. The minimum Gasteiger partial charge on any atom is -0.493 e. The molecule has 0 radical (unpaired) electrons.